The van der Waals surface area contributed by atoms with Gasteiger partial charge in [-0.2, -0.15) is 5.10 Å². The molecule has 0 saturated carbocycles. The number of hydrogen-bond acceptors (Lipinski definition) is 3. The third-order valence-corrected chi connectivity index (χ3v) is 4.66. The lowest BCUT2D eigenvalue weighted by molar-refractivity contribution is 0.0695. The highest BCUT2D eigenvalue weighted by molar-refractivity contribution is 9.10. The molecule has 1 N–H and O–H groups in total. The zero-order valence-electron chi connectivity index (χ0n) is 11.3. The van der Waals surface area contributed by atoms with Gasteiger partial charge in [-0.1, -0.05) is 6.92 Å². The van der Waals surface area contributed by atoms with Gasteiger partial charge in [-0.25, -0.2) is 4.79 Å². The summed E-state index contributed by atoms with van der Waals surface area (Å²) in [6.45, 7) is 2.08. The molecule has 1 aromatic carbocycles. The van der Waals surface area contributed by atoms with Crippen LogP contribution in [0, 0.1) is 0 Å². The monoisotopic (exact) mass is 354 g/mol. The Morgan fingerprint density at radius 1 is 1.45 bits per heavy atom. The molecular formula is C14H15BrN2O2S. The van der Waals surface area contributed by atoms with Crippen LogP contribution in [0.4, 0.5) is 0 Å². The van der Waals surface area contributed by atoms with E-state index >= 15 is 0 Å². The summed E-state index contributed by atoms with van der Waals surface area (Å²) in [6.07, 6.45) is 0.917. The molecule has 0 aliphatic heterocycles. The van der Waals surface area contributed by atoms with Crippen LogP contribution in [0.5, 0.6) is 0 Å². The van der Waals surface area contributed by atoms with Crippen molar-refractivity contribution in [3.05, 3.63) is 45.7 Å². The first-order chi connectivity index (χ1) is 9.51. The predicted molar refractivity (Wildman–Crippen MR) is 83.2 cm³/mol. The van der Waals surface area contributed by atoms with Crippen molar-refractivity contribution in [3.8, 4) is 0 Å². The van der Waals surface area contributed by atoms with Gasteiger partial charge >= 0.3 is 5.97 Å². The van der Waals surface area contributed by atoms with Crippen LogP contribution in [0.25, 0.3) is 0 Å². The number of nitrogens with zero attached hydrogens (tertiary/aromatic N) is 2. The third-order valence-electron chi connectivity index (χ3n) is 2.94. The molecule has 20 heavy (non-hydrogen) atoms. The molecule has 0 saturated heterocycles. The van der Waals surface area contributed by atoms with Crippen molar-refractivity contribution in [2.75, 3.05) is 0 Å². The fourth-order valence-electron chi connectivity index (χ4n) is 1.79. The van der Waals surface area contributed by atoms with E-state index in [1.54, 1.807) is 23.9 Å². The minimum Gasteiger partial charge on any atom is -0.478 e. The Bertz CT molecular complexity index is 640. The Morgan fingerprint density at radius 3 is 2.80 bits per heavy atom. The highest BCUT2D eigenvalue weighted by Gasteiger charge is 2.10. The van der Waals surface area contributed by atoms with Crippen LogP contribution in [-0.2, 0) is 19.2 Å². The molecule has 106 valence electrons. The van der Waals surface area contributed by atoms with E-state index in [2.05, 4.69) is 34.0 Å². The smallest absolute Gasteiger partial charge is 0.336 e. The van der Waals surface area contributed by atoms with E-state index in [1.807, 2.05) is 17.8 Å². The van der Waals surface area contributed by atoms with Crippen molar-refractivity contribution in [1.29, 1.82) is 0 Å². The van der Waals surface area contributed by atoms with Crippen LogP contribution in [0.1, 0.15) is 28.7 Å². The van der Waals surface area contributed by atoms with Gasteiger partial charge in [0.1, 0.15) is 0 Å². The van der Waals surface area contributed by atoms with E-state index in [4.69, 9.17) is 5.11 Å². The van der Waals surface area contributed by atoms with Gasteiger partial charge in [0, 0.05) is 27.9 Å². The van der Waals surface area contributed by atoms with Crippen LogP contribution in [0.15, 0.2) is 33.6 Å². The Morgan fingerprint density at radius 2 is 2.20 bits per heavy atom. The molecule has 0 radical (unpaired) electrons. The molecule has 0 aliphatic carbocycles. The van der Waals surface area contributed by atoms with Crippen LogP contribution in [0.2, 0.25) is 0 Å². The van der Waals surface area contributed by atoms with Crippen molar-refractivity contribution in [1.82, 2.24) is 9.78 Å². The standard InChI is InChI=1S/C14H15BrN2O2S/c1-3-9-6-10(17(2)16-9)8-20-11-4-5-13(15)12(7-11)14(18)19/h4-7H,3,8H2,1-2H3,(H,18,19). The Labute approximate surface area is 130 Å². The van der Waals surface area contributed by atoms with Gasteiger partial charge < -0.3 is 5.11 Å². The Balaban J connectivity index is 2.12. The number of aromatic nitrogens is 2. The van der Waals surface area contributed by atoms with Gasteiger partial charge in [0.15, 0.2) is 0 Å². The zero-order valence-corrected chi connectivity index (χ0v) is 13.7. The highest BCUT2D eigenvalue weighted by Crippen LogP contribution is 2.27. The van der Waals surface area contributed by atoms with E-state index in [0.717, 1.165) is 28.5 Å². The Kier molecular flexibility index (Phi) is 4.88. The Hall–Kier alpha value is -1.27. The summed E-state index contributed by atoms with van der Waals surface area (Å²) >= 11 is 4.85. The lowest BCUT2D eigenvalue weighted by atomic mass is 10.2. The topological polar surface area (TPSA) is 55.1 Å². The van der Waals surface area contributed by atoms with Gasteiger partial charge in [-0.15, -0.1) is 11.8 Å². The number of carbonyl (C=O) groups is 1. The summed E-state index contributed by atoms with van der Waals surface area (Å²) in [4.78, 5) is 12.0. The number of halogens is 1. The second-order valence-corrected chi connectivity index (χ2v) is 6.24. The number of benzene rings is 1. The van der Waals surface area contributed by atoms with E-state index in [9.17, 15) is 4.79 Å². The first kappa shape index (κ1) is 15.1. The van der Waals surface area contributed by atoms with Crippen LogP contribution in [0.3, 0.4) is 0 Å². The first-order valence-electron chi connectivity index (χ1n) is 6.18. The van der Waals surface area contributed by atoms with Gasteiger partial charge in [0.05, 0.1) is 11.3 Å². The second-order valence-electron chi connectivity index (χ2n) is 4.34. The molecule has 0 unspecified atom stereocenters. The van der Waals surface area contributed by atoms with Gasteiger partial charge in [0.2, 0.25) is 0 Å². The summed E-state index contributed by atoms with van der Waals surface area (Å²) in [5.41, 5.74) is 2.49. The molecule has 2 rings (SSSR count). The molecule has 0 fully saturated rings. The molecule has 4 nitrogen and oxygen atoms in total. The van der Waals surface area contributed by atoms with Crippen LogP contribution >= 0.6 is 27.7 Å². The summed E-state index contributed by atoms with van der Waals surface area (Å²) in [6, 6.07) is 7.46. The number of aromatic carboxylic acids is 1. The molecule has 0 aliphatic rings. The van der Waals surface area contributed by atoms with Gasteiger partial charge in [-0.3, -0.25) is 4.68 Å². The van der Waals surface area contributed by atoms with E-state index in [0.29, 0.717) is 4.47 Å². The average molecular weight is 355 g/mol. The second kappa shape index (κ2) is 6.45. The van der Waals surface area contributed by atoms with Crippen molar-refractivity contribution in [3.63, 3.8) is 0 Å². The summed E-state index contributed by atoms with van der Waals surface area (Å²) in [7, 11) is 1.93. The predicted octanol–water partition coefficient (Wildman–Crippen LogP) is 3.74. The lowest BCUT2D eigenvalue weighted by Gasteiger charge is -2.05. The normalized spacial score (nSPS) is 10.8. The molecule has 1 heterocycles. The lowest BCUT2D eigenvalue weighted by Crippen LogP contribution is -1.98. The third kappa shape index (κ3) is 3.43. The number of hydrogen-bond donors (Lipinski definition) is 1. The SMILES string of the molecule is CCc1cc(CSc2ccc(Br)c(C(=O)O)c2)n(C)n1. The van der Waals surface area contributed by atoms with Crippen molar-refractivity contribution < 1.29 is 9.90 Å². The van der Waals surface area contributed by atoms with Gasteiger partial charge in [-0.05, 0) is 46.6 Å². The quantitative estimate of drug-likeness (QED) is 0.831. The fraction of sp³-hybridized carbons (Fsp3) is 0.286. The maximum atomic E-state index is 11.1. The minimum absolute atomic E-state index is 0.286. The van der Waals surface area contributed by atoms with E-state index < -0.39 is 5.97 Å². The number of aryl methyl sites for hydroxylation is 2. The minimum atomic E-state index is -0.923. The van der Waals surface area contributed by atoms with Crippen LogP contribution < -0.4 is 0 Å². The summed E-state index contributed by atoms with van der Waals surface area (Å²) in [5, 5.41) is 13.5. The summed E-state index contributed by atoms with van der Waals surface area (Å²) in [5.74, 6) is -0.155. The van der Waals surface area contributed by atoms with Crippen molar-refractivity contribution >= 4 is 33.7 Å². The molecule has 0 bridgehead atoms. The summed E-state index contributed by atoms with van der Waals surface area (Å²) < 4.78 is 2.48. The van der Waals surface area contributed by atoms with Gasteiger partial charge in [0.25, 0.3) is 0 Å². The zero-order chi connectivity index (χ0) is 14.7. The van der Waals surface area contributed by atoms with Crippen molar-refractivity contribution in [2.45, 2.75) is 24.0 Å². The molecule has 0 spiro atoms. The molecule has 2 aromatic rings. The highest BCUT2D eigenvalue weighted by atomic mass is 79.9. The molecule has 6 heteroatoms. The molecule has 0 amide bonds. The van der Waals surface area contributed by atoms with E-state index in [-0.39, 0.29) is 5.56 Å². The first-order valence-corrected chi connectivity index (χ1v) is 7.96. The largest absolute Gasteiger partial charge is 0.478 e. The van der Waals surface area contributed by atoms with Crippen LogP contribution in [-0.4, -0.2) is 20.9 Å². The van der Waals surface area contributed by atoms with E-state index in [1.165, 1.54) is 0 Å². The van der Waals surface area contributed by atoms with Crippen molar-refractivity contribution in [2.24, 2.45) is 7.05 Å². The molecular weight excluding hydrogens is 340 g/mol. The number of thioether (sulfide) groups is 1. The number of carboxylic acid groups (broad SMARTS) is 1. The maximum Gasteiger partial charge on any atom is 0.336 e. The molecule has 1 aromatic heterocycles. The maximum absolute atomic E-state index is 11.1. The number of rotatable bonds is 5. The fourth-order valence-corrected chi connectivity index (χ4v) is 3.16. The number of carboxylic acids is 1. The average Bonchev–Trinajstić information content (AvgIpc) is 2.78. The molecule has 0 atom stereocenters.